The molecule has 8 heteroatoms. The van der Waals surface area contributed by atoms with Gasteiger partial charge in [-0.2, -0.15) is 0 Å². The molecule has 1 aliphatic rings. The van der Waals surface area contributed by atoms with Gasteiger partial charge < -0.3 is 24.7 Å². The Bertz CT molecular complexity index is 855. The Balaban J connectivity index is 1.54. The van der Waals surface area contributed by atoms with Crippen LogP contribution in [-0.4, -0.2) is 42.8 Å². The number of hydrogen-bond acceptors (Lipinski definition) is 5. The fourth-order valence-corrected chi connectivity index (χ4v) is 2.94. The number of piperidine rings is 1. The second kappa shape index (κ2) is 7.90. The SMILES string of the molecule is CCOC(=O)N1CCC(NC(=O)Nc2ccc3occc(=O)c3c2)CC1. The van der Waals surface area contributed by atoms with Crippen molar-refractivity contribution in [2.45, 2.75) is 25.8 Å². The summed E-state index contributed by atoms with van der Waals surface area (Å²) in [6.07, 6.45) is 2.35. The number of amides is 3. The highest BCUT2D eigenvalue weighted by Crippen LogP contribution is 2.16. The Morgan fingerprint density at radius 3 is 2.77 bits per heavy atom. The van der Waals surface area contributed by atoms with E-state index in [1.54, 1.807) is 30.0 Å². The van der Waals surface area contributed by atoms with E-state index in [0.29, 0.717) is 49.2 Å². The lowest BCUT2D eigenvalue weighted by Gasteiger charge is -2.31. The zero-order valence-electron chi connectivity index (χ0n) is 14.5. The molecule has 1 aliphatic heterocycles. The van der Waals surface area contributed by atoms with Crippen molar-refractivity contribution < 1.29 is 18.7 Å². The fourth-order valence-electron chi connectivity index (χ4n) is 2.94. The van der Waals surface area contributed by atoms with Gasteiger partial charge in [0.25, 0.3) is 0 Å². The molecule has 1 aromatic carbocycles. The first kappa shape index (κ1) is 17.8. The predicted octanol–water partition coefficient (Wildman–Crippen LogP) is 2.54. The van der Waals surface area contributed by atoms with Crippen LogP contribution in [0.25, 0.3) is 11.0 Å². The molecule has 1 saturated heterocycles. The van der Waals surface area contributed by atoms with E-state index >= 15 is 0 Å². The zero-order valence-corrected chi connectivity index (χ0v) is 14.5. The third-order valence-electron chi connectivity index (χ3n) is 4.27. The number of urea groups is 1. The smallest absolute Gasteiger partial charge is 0.409 e. The van der Waals surface area contributed by atoms with Crippen LogP contribution in [0.2, 0.25) is 0 Å². The number of hydrogen-bond donors (Lipinski definition) is 2. The molecule has 1 aromatic heterocycles. The lowest BCUT2D eigenvalue weighted by Crippen LogP contribution is -2.47. The number of nitrogens with one attached hydrogen (secondary N) is 2. The van der Waals surface area contributed by atoms with Gasteiger partial charge in [0.15, 0.2) is 5.43 Å². The van der Waals surface area contributed by atoms with Crippen LogP contribution in [0.3, 0.4) is 0 Å². The molecular formula is C18H21N3O5. The average molecular weight is 359 g/mol. The van der Waals surface area contributed by atoms with Gasteiger partial charge in [0.05, 0.1) is 18.3 Å². The van der Waals surface area contributed by atoms with Gasteiger partial charge >= 0.3 is 12.1 Å². The van der Waals surface area contributed by atoms with Crippen molar-refractivity contribution in [1.82, 2.24) is 10.2 Å². The third-order valence-corrected chi connectivity index (χ3v) is 4.27. The first-order chi connectivity index (χ1) is 12.6. The standard InChI is InChI=1S/C18H21N3O5/c1-2-25-18(24)21-8-5-12(6-9-21)19-17(23)20-13-3-4-16-14(11-13)15(22)7-10-26-16/h3-4,7,10-12H,2,5-6,8-9H2,1H3,(H2,19,20,23). The summed E-state index contributed by atoms with van der Waals surface area (Å²) < 4.78 is 10.2. The van der Waals surface area contributed by atoms with Crippen molar-refractivity contribution in [2.24, 2.45) is 0 Å². The Kier molecular flexibility index (Phi) is 5.40. The van der Waals surface area contributed by atoms with Gasteiger partial charge in [-0.25, -0.2) is 9.59 Å². The molecular weight excluding hydrogens is 338 g/mol. The lowest BCUT2D eigenvalue weighted by atomic mass is 10.1. The molecule has 0 aliphatic carbocycles. The summed E-state index contributed by atoms with van der Waals surface area (Å²) in [5.41, 5.74) is 0.814. The number of nitrogens with zero attached hydrogens (tertiary/aromatic N) is 1. The van der Waals surface area contributed by atoms with Crippen molar-refractivity contribution in [3.05, 3.63) is 40.8 Å². The van der Waals surface area contributed by atoms with Gasteiger partial charge in [-0.05, 0) is 38.0 Å². The number of likely N-dealkylation sites (tertiary alicyclic amines) is 1. The largest absolute Gasteiger partial charge is 0.464 e. The summed E-state index contributed by atoms with van der Waals surface area (Å²) in [6, 6.07) is 5.87. The molecule has 1 fully saturated rings. The second-order valence-electron chi connectivity index (χ2n) is 6.05. The minimum atomic E-state index is -0.348. The molecule has 8 nitrogen and oxygen atoms in total. The summed E-state index contributed by atoms with van der Waals surface area (Å²) >= 11 is 0. The van der Waals surface area contributed by atoms with Gasteiger partial charge in [-0.3, -0.25) is 4.79 Å². The molecule has 2 heterocycles. The molecule has 138 valence electrons. The molecule has 3 rings (SSSR count). The Morgan fingerprint density at radius 2 is 2.04 bits per heavy atom. The van der Waals surface area contributed by atoms with Gasteiger partial charge in [0.1, 0.15) is 5.58 Å². The van der Waals surface area contributed by atoms with E-state index in [1.165, 1.54) is 12.3 Å². The monoisotopic (exact) mass is 359 g/mol. The van der Waals surface area contributed by atoms with Crippen LogP contribution >= 0.6 is 0 Å². The molecule has 2 N–H and O–H groups in total. The number of anilines is 1. The van der Waals surface area contributed by atoms with Gasteiger partial charge in [-0.15, -0.1) is 0 Å². The molecule has 3 amide bonds. The Hall–Kier alpha value is -3.03. The third kappa shape index (κ3) is 4.14. The minimum absolute atomic E-state index is 0.0220. The molecule has 0 spiro atoms. The van der Waals surface area contributed by atoms with Crippen LogP contribution in [0.4, 0.5) is 15.3 Å². The van der Waals surface area contributed by atoms with E-state index < -0.39 is 0 Å². The summed E-state index contributed by atoms with van der Waals surface area (Å²) in [5.74, 6) is 0. The molecule has 26 heavy (non-hydrogen) atoms. The Morgan fingerprint density at radius 1 is 1.27 bits per heavy atom. The maximum atomic E-state index is 12.2. The van der Waals surface area contributed by atoms with Crippen molar-refractivity contribution in [2.75, 3.05) is 25.0 Å². The van der Waals surface area contributed by atoms with Crippen molar-refractivity contribution >= 4 is 28.8 Å². The number of ether oxygens (including phenoxy) is 1. The Labute approximate surface area is 150 Å². The van der Waals surface area contributed by atoms with E-state index in [0.717, 1.165) is 0 Å². The number of carbonyl (C=O) groups excluding carboxylic acids is 2. The topological polar surface area (TPSA) is 101 Å². The molecule has 0 atom stereocenters. The normalized spacial score (nSPS) is 14.9. The van der Waals surface area contributed by atoms with E-state index in [2.05, 4.69) is 10.6 Å². The molecule has 2 aromatic rings. The number of rotatable bonds is 3. The maximum Gasteiger partial charge on any atom is 0.409 e. The van der Waals surface area contributed by atoms with E-state index in [-0.39, 0.29) is 23.6 Å². The van der Waals surface area contributed by atoms with E-state index in [4.69, 9.17) is 9.15 Å². The summed E-state index contributed by atoms with van der Waals surface area (Å²) in [6.45, 7) is 3.21. The quantitative estimate of drug-likeness (QED) is 0.877. The average Bonchev–Trinajstić information content (AvgIpc) is 2.63. The molecule has 0 bridgehead atoms. The first-order valence-electron chi connectivity index (χ1n) is 8.57. The van der Waals surface area contributed by atoms with Crippen LogP contribution in [0.5, 0.6) is 0 Å². The zero-order chi connectivity index (χ0) is 18.5. The van der Waals surface area contributed by atoms with Crippen LogP contribution in [0.15, 0.2) is 39.7 Å². The highest BCUT2D eigenvalue weighted by molar-refractivity contribution is 5.92. The number of carbonyl (C=O) groups is 2. The van der Waals surface area contributed by atoms with E-state index in [9.17, 15) is 14.4 Å². The highest BCUT2D eigenvalue weighted by atomic mass is 16.6. The molecule has 0 unspecified atom stereocenters. The fraction of sp³-hybridized carbons (Fsp3) is 0.389. The second-order valence-corrected chi connectivity index (χ2v) is 6.05. The maximum absolute atomic E-state index is 12.2. The molecule has 0 saturated carbocycles. The van der Waals surface area contributed by atoms with Crippen molar-refractivity contribution in [1.29, 1.82) is 0 Å². The number of benzene rings is 1. The lowest BCUT2D eigenvalue weighted by molar-refractivity contribution is 0.0959. The number of fused-ring (bicyclic) bond motifs is 1. The van der Waals surface area contributed by atoms with Crippen molar-refractivity contribution in [3.8, 4) is 0 Å². The van der Waals surface area contributed by atoms with Crippen LogP contribution < -0.4 is 16.1 Å². The molecule has 0 radical (unpaired) electrons. The minimum Gasteiger partial charge on any atom is -0.464 e. The van der Waals surface area contributed by atoms with E-state index in [1.807, 2.05) is 0 Å². The van der Waals surface area contributed by atoms with Gasteiger partial charge in [-0.1, -0.05) is 0 Å². The highest BCUT2D eigenvalue weighted by Gasteiger charge is 2.24. The van der Waals surface area contributed by atoms with Crippen LogP contribution in [-0.2, 0) is 4.74 Å². The summed E-state index contributed by atoms with van der Waals surface area (Å²) in [4.78, 5) is 37.3. The van der Waals surface area contributed by atoms with Crippen molar-refractivity contribution in [3.63, 3.8) is 0 Å². The summed E-state index contributed by atoms with van der Waals surface area (Å²) in [5, 5.41) is 6.03. The first-order valence-corrected chi connectivity index (χ1v) is 8.57. The van der Waals surface area contributed by atoms with Crippen LogP contribution in [0, 0.1) is 0 Å². The van der Waals surface area contributed by atoms with Crippen LogP contribution in [0.1, 0.15) is 19.8 Å². The predicted molar refractivity (Wildman–Crippen MR) is 96.3 cm³/mol. The van der Waals surface area contributed by atoms with Gasteiger partial charge in [0, 0.05) is 30.9 Å². The van der Waals surface area contributed by atoms with Gasteiger partial charge in [0.2, 0.25) is 0 Å². The summed E-state index contributed by atoms with van der Waals surface area (Å²) in [7, 11) is 0.